The minimum atomic E-state index is -4.70. The number of hydrazine groups is 1. The fraction of sp³-hybridized carbons (Fsp3) is 0.185. The van der Waals surface area contributed by atoms with E-state index in [0.717, 1.165) is 10.0 Å². The molecule has 1 aliphatic carbocycles. The molecular weight excluding hydrogens is 551 g/mol. The van der Waals surface area contributed by atoms with Crippen LogP contribution in [0.1, 0.15) is 33.2 Å². The highest BCUT2D eigenvalue weighted by atomic mass is 35.5. The molecule has 0 spiro atoms. The molecule has 0 saturated carbocycles. The number of aromatic nitrogens is 2. The van der Waals surface area contributed by atoms with E-state index >= 15 is 0 Å². The quantitative estimate of drug-likeness (QED) is 0.463. The number of carbonyl (C=O) groups is 3. The molecule has 4 heterocycles. The average Bonchev–Trinajstić information content (AvgIpc) is 3.52. The molecule has 1 fully saturated rings. The van der Waals surface area contributed by atoms with Crippen LogP contribution in [0.25, 0.3) is 5.76 Å². The van der Waals surface area contributed by atoms with Gasteiger partial charge in [0.25, 0.3) is 11.8 Å². The molecule has 3 aromatic rings. The second kappa shape index (κ2) is 8.98. The first-order valence-electron chi connectivity index (χ1n) is 11.9. The largest absolute Gasteiger partial charge is 0.506 e. The number of amides is 2. The number of hydrogen-bond donors (Lipinski definition) is 1. The summed E-state index contributed by atoms with van der Waals surface area (Å²) in [6.07, 6.45) is -2.67. The third-order valence-electron chi connectivity index (χ3n) is 7.13. The Morgan fingerprint density at radius 1 is 1.00 bits per heavy atom. The van der Waals surface area contributed by atoms with Crippen LogP contribution >= 0.6 is 11.6 Å². The predicted octanol–water partition coefficient (Wildman–Crippen LogP) is 4.46. The van der Waals surface area contributed by atoms with Crippen LogP contribution in [0, 0.1) is 11.8 Å². The van der Waals surface area contributed by atoms with Gasteiger partial charge < -0.3 is 5.11 Å². The number of Topliss-reactive ketones (excluding diaryl/α,β-unsaturated/α-hetero) is 1. The van der Waals surface area contributed by atoms with Gasteiger partial charge in [-0.2, -0.15) is 18.2 Å². The van der Waals surface area contributed by atoms with Gasteiger partial charge >= 0.3 is 6.18 Å². The van der Waals surface area contributed by atoms with Crippen LogP contribution in [0.3, 0.4) is 0 Å². The highest BCUT2D eigenvalue weighted by Crippen LogP contribution is 2.48. The SMILES string of the molecule is CN(c1ncc(C(F)(F)F)cc1Cl)N1C(=O)[C@@H]2C(C3=C(O)c4ccccc4C3=O)=N[C@H](c3ccccn3)[C@H]2C1=O. The number of aliphatic imine (C=N–C) groups is 1. The number of aliphatic hydroxyl groups is 1. The lowest BCUT2D eigenvalue weighted by molar-refractivity contribution is -0.141. The summed E-state index contributed by atoms with van der Waals surface area (Å²) < 4.78 is 39.4. The molecule has 2 aromatic heterocycles. The molecule has 13 heteroatoms. The number of hydrogen-bond acceptors (Lipinski definition) is 8. The van der Waals surface area contributed by atoms with Crippen LogP contribution < -0.4 is 5.01 Å². The van der Waals surface area contributed by atoms with E-state index in [-0.39, 0.29) is 34.0 Å². The van der Waals surface area contributed by atoms with Crippen molar-refractivity contribution in [2.24, 2.45) is 16.8 Å². The number of anilines is 1. The number of allylic oxidation sites excluding steroid dienone is 1. The number of pyridine rings is 2. The number of fused-ring (bicyclic) bond motifs is 2. The summed E-state index contributed by atoms with van der Waals surface area (Å²) >= 11 is 6.10. The Bertz CT molecular complexity index is 1670. The number of carbonyl (C=O) groups excluding carboxylic acids is 3. The summed E-state index contributed by atoms with van der Waals surface area (Å²) in [5.74, 6) is -5.17. The summed E-state index contributed by atoms with van der Waals surface area (Å²) in [7, 11) is 1.26. The van der Waals surface area contributed by atoms with E-state index < -0.39 is 52.2 Å². The maximum Gasteiger partial charge on any atom is 0.417 e. The number of rotatable bonds is 4. The maximum atomic E-state index is 13.9. The van der Waals surface area contributed by atoms with Gasteiger partial charge in [0.1, 0.15) is 11.8 Å². The van der Waals surface area contributed by atoms with Gasteiger partial charge in [0, 0.05) is 30.6 Å². The number of aliphatic hydroxyl groups excluding tert-OH is 1. The molecule has 3 atom stereocenters. The molecule has 40 heavy (non-hydrogen) atoms. The van der Waals surface area contributed by atoms with Crippen molar-refractivity contribution in [2.45, 2.75) is 12.2 Å². The summed E-state index contributed by atoms with van der Waals surface area (Å²) in [4.78, 5) is 53.7. The van der Waals surface area contributed by atoms with E-state index in [1.165, 1.54) is 19.3 Å². The van der Waals surface area contributed by atoms with Crippen molar-refractivity contribution in [3.63, 3.8) is 0 Å². The van der Waals surface area contributed by atoms with Gasteiger partial charge in [0.05, 0.1) is 39.4 Å². The molecule has 2 amide bonds. The van der Waals surface area contributed by atoms with Gasteiger partial charge in [-0.1, -0.05) is 41.9 Å². The molecule has 1 aromatic carbocycles. The third kappa shape index (κ3) is 3.70. The number of imide groups is 1. The normalized spacial score (nSPS) is 22.1. The number of nitrogens with zero attached hydrogens (tertiary/aromatic N) is 5. The number of ketones is 1. The van der Waals surface area contributed by atoms with Gasteiger partial charge in [-0.3, -0.25) is 29.4 Å². The summed E-state index contributed by atoms with van der Waals surface area (Å²) in [6, 6.07) is 11.0. The van der Waals surface area contributed by atoms with Crippen LogP contribution in [0.5, 0.6) is 0 Å². The zero-order chi connectivity index (χ0) is 28.5. The molecule has 1 saturated heterocycles. The fourth-order valence-electron chi connectivity index (χ4n) is 5.33. The highest BCUT2D eigenvalue weighted by molar-refractivity contribution is 6.40. The Kier molecular flexibility index (Phi) is 5.77. The molecular formula is C27H17ClF3N5O4. The van der Waals surface area contributed by atoms with Crippen molar-refractivity contribution in [3.8, 4) is 0 Å². The smallest absolute Gasteiger partial charge is 0.417 e. The lowest BCUT2D eigenvalue weighted by atomic mass is 9.84. The van der Waals surface area contributed by atoms with Crippen molar-refractivity contribution < 1.29 is 32.7 Å². The Hall–Kier alpha value is -4.58. The Morgan fingerprint density at radius 3 is 2.33 bits per heavy atom. The minimum absolute atomic E-state index is 0.0694. The van der Waals surface area contributed by atoms with Crippen LogP contribution in [-0.4, -0.2) is 50.4 Å². The summed E-state index contributed by atoms with van der Waals surface area (Å²) in [5.41, 5.74) is -0.508. The first-order chi connectivity index (χ1) is 19.0. The average molecular weight is 568 g/mol. The van der Waals surface area contributed by atoms with E-state index in [9.17, 15) is 32.7 Å². The molecule has 9 nitrogen and oxygen atoms in total. The van der Waals surface area contributed by atoms with Gasteiger partial charge in [0.2, 0.25) is 0 Å². The molecule has 2 aliphatic heterocycles. The van der Waals surface area contributed by atoms with E-state index in [1.807, 2.05) is 0 Å². The van der Waals surface area contributed by atoms with E-state index in [2.05, 4.69) is 15.0 Å². The van der Waals surface area contributed by atoms with Gasteiger partial charge in [0.15, 0.2) is 11.6 Å². The van der Waals surface area contributed by atoms with Crippen LogP contribution in [0.2, 0.25) is 5.02 Å². The minimum Gasteiger partial charge on any atom is -0.506 e. The first-order valence-corrected chi connectivity index (χ1v) is 12.3. The second-order valence-electron chi connectivity index (χ2n) is 9.35. The lowest BCUT2D eigenvalue weighted by Crippen LogP contribution is -2.46. The zero-order valence-electron chi connectivity index (χ0n) is 20.4. The summed E-state index contributed by atoms with van der Waals surface area (Å²) in [5, 5.41) is 12.3. The monoisotopic (exact) mass is 567 g/mol. The molecule has 202 valence electrons. The standard InChI is InChI=1S/C27H17ClF3N5O4/c1-35(24-15(28)10-12(11-33-24)27(29,30)31)36-25(39)17-18(26(36)40)21(34-20(17)16-8-4-5-9-32-16)19-22(37)13-6-2-3-7-14(13)23(19)38/h2-11,17-18,20,37H,1H3/t17-,18-,20+/m0/s1. The lowest BCUT2D eigenvalue weighted by Gasteiger charge is -2.29. The van der Waals surface area contributed by atoms with Crippen molar-refractivity contribution in [3.05, 3.63) is 93.9 Å². The molecule has 6 rings (SSSR count). The molecule has 1 N–H and O–H groups in total. The summed E-state index contributed by atoms with van der Waals surface area (Å²) in [6.45, 7) is 0. The van der Waals surface area contributed by atoms with Gasteiger partial charge in [-0.25, -0.2) is 4.98 Å². The second-order valence-corrected chi connectivity index (χ2v) is 9.76. The van der Waals surface area contributed by atoms with E-state index in [0.29, 0.717) is 18.0 Å². The third-order valence-corrected chi connectivity index (χ3v) is 7.41. The van der Waals surface area contributed by atoms with Crippen LogP contribution in [0.15, 0.2) is 71.5 Å². The van der Waals surface area contributed by atoms with Crippen molar-refractivity contribution >= 4 is 46.5 Å². The zero-order valence-corrected chi connectivity index (χ0v) is 21.2. The molecule has 0 unspecified atom stereocenters. The van der Waals surface area contributed by atoms with Crippen LogP contribution in [0.4, 0.5) is 19.0 Å². The van der Waals surface area contributed by atoms with Crippen molar-refractivity contribution in [1.29, 1.82) is 0 Å². The number of halogens is 4. The van der Waals surface area contributed by atoms with Crippen LogP contribution in [-0.2, 0) is 15.8 Å². The number of benzene rings is 1. The highest BCUT2D eigenvalue weighted by Gasteiger charge is 2.60. The van der Waals surface area contributed by atoms with E-state index in [1.54, 1.807) is 36.4 Å². The van der Waals surface area contributed by atoms with Crippen molar-refractivity contribution in [1.82, 2.24) is 15.0 Å². The number of alkyl halides is 3. The Labute approximate surface area is 229 Å². The fourth-order valence-corrected chi connectivity index (χ4v) is 5.62. The first kappa shape index (κ1) is 25.7. The van der Waals surface area contributed by atoms with Crippen molar-refractivity contribution in [2.75, 3.05) is 12.1 Å². The Balaban J connectivity index is 1.44. The van der Waals surface area contributed by atoms with Gasteiger partial charge in [-0.15, -0.1) is 0 Å². The Morgan fingerprint density at radius 2 is 1.70 bits per heavy atom. The molecule has 0 bridgehead atoms. The molecule has 3 aliphatic rings. The molecule has 0 radical (unpaired) electrons. The van der Waals surface area contributed by atoms with Gasteiger partial charge in [-0.05, 0) is 18.2 Å². The topological polar surface area (TPSA) is 116 Å². The maximum absolute atomic E-state index is 13.9. The van der Waals surface area contributed by atoms with E-state index in [4.69, 9.17) is 11.6 Å². The predicted molar refractivity (Wildman–Crippen MR) is 136 cm³/mol.